The van der Waals surface area contributed by atoms with Gasteiger partial charge in [0.25, 0.3) is 0 Å². The summed E-state index contributed by atoms with van der Waals surface area (Å²) in [5, 5.41) is 9.44. The predicted octanol–water partition coefficient (Wildman–Crippen LogP) is 4.18. The molecule has 0 fully saturated rings. The average molecular weight is 311 g/mol. The third kappa shape index (κ3) is 3.01. The molecular formula is C14H12BrFO2. The first-order valence-corrected chi connectivity index (χ1v) is 6.22. The van der Waals surface area contributed by atoms with Crippen molar-refractivity contribution in [3.05, 3.63) is 57.8 Å². The van der Waals surface area contributed by atoms with Crippen LogP contribution in [-0.2, 0) is 6.61 Å². The summed E-state index contributed by atoms with van der Waals surface area (Å²) >= 11 is 3.18. The maximum atomic E-state index is 13.3. The maximum Gasteiger partial charge on any atom is 0.137 e. The summed E-state index contributed by atoms with van der Waals surface area (Å²) in [6.07, 6.45) is 0. The molecule has 2 nitrogen and oxygen atoms in total. The lowest BCUT2D eigenvalue weighted by atomic mass is 10.2. The minimum Gasteiger partial charge on any atom is -0.508 e. The van der Waals surface area contributed by atoms with Gasteiger partial charge in [0.2, 0.25) is 0 Å². The maximum absolute atomic E-state index is 13.3. The van der Waals surface area contributed by atoms with Crippen LogP contribution in [0, 0.1) is 12.7 Å². The van der Waals surface area contributed by atoms with Gasteiger partial charge in [0.05, 0.1) is 4.47 Å². The highest BCUT2D eigenvalue weighted by Gasteiger charge is 2.06. The van der Waals surface area contributed by atoms with Crippen LogP contribution in [0.25, 0.3) is 0 Å². The summed E-state index contributed by atoms with van der Waals surface area (Å²) in [5.74, 6) is 0.398. The third-order valence-electron chi connectivity index (χ3n) is 2.46. The van der Waals surface area contributed by atoms with E-state index in [2.05, 4.69) is 15.9 Å². The molecule has 0 atom stereocenters. The van der Waals surface area contributed by atoms with Crippen LogP contribution in [0.3, 0.4) is 0 Å². The first kappa shape index (κ1) is 12.9. The van der Waals surface area contributed by atoms with Gasteiger partial charge < -0.3 is 9.84 Å². The molecule has 2 aromatic rings. The summed E-state index contributed by atoms with van der Waals surface area (Å²) in [7, 11) is 0. The Hall–Kier alpha value is -1.55. The molecule has 0 spiro atoms. The van der Waals surface area contributed by atoms with E-state index in [-0.39, 0.29) is 18.2 Å². The fourth-order valence-electron chi connectivity index (χ4n) is 1.63. The minimum atomic E-state index is -0.316. The van der Waals surface area contributed by atoms with E-state index < -0.39 is 0 Å². The van der Waals surface area contributed by atoms with Crippen molar-refractivity contribution in [3.8, 4) is 11.5 Å². The van der Waals surface area contributed by atoms with Gasteiger partial charge in [-0.15, -0.1) is 0 Å². The number of phenolic OH excluding ortho intramolecular Hbond substituents is 1. The van der Waals surface area contributed by atoms with Crippen molar-refractivity contribution in [2.75, 3.05) is 0 Å². The molecule has 0 saturated heterocycles. The highest BCUT2D eigenvalue weighted by molar-refractivity contribution is 9.10. The van der Waals surface area contributed by atoms with Gasteiger partial charge in [-0.2, -0.15) is 0 Å². The zero-order valence-electron chi connectivity index (χ0n) is 9.78. The van der Waals surface area contributed by atoms with Gasteiger partial charge in [-0.05, 0) is 46.6 Å². The van der Waals surface area contributed by atoms with Gasteiger partial charge in [-0.3, -0.25) is 0 Å². The molecule has 0 aliphatic heterocycles. The van der Waals surface area contributed by atoms with Crippen molar-refractivity contribution in [1.29, 1.82) is 0 Å². The fourth-order valence-corrected chi connectivity index (χ4v) is 2.01. The smallest absolute Gasteiger partial charge is 0.137 e. The largest absolute Gasteiger partial charge is 0.508 e. The number of halogens is 2. The lowest BCUT2D eigenvalue weighted by molar-refractivity contribution is 0.302. The van der Waals surface area contributed by atoms with Crippen LogP contribution in [0.1, 0.15) is 11.1 Å². The standard InChI is InChI=1S/C14H12BrFO2/c1-9-5-11(17)7-12(6-9)18-8-10-3-2-4-13(16)14(10)15/h2-7,17H,8H2,1H3. The van der Waals surface area contributed by atoms with Gasteiger partial charge >= 0.3 is 0 Å². The summed E-state index contributed by atoms with van der Waals surface area (Å²) in [4.78, 5) is 0. The average Bonchev–Trinajstić information content (AvgIpc) is 2.30. The van der Waals surface area contributed by atoms with Gasteiger partial charge in [-0.25, -0.2) is 4.39 Å². The van der Waals surface area contributed by atoms with E-state index in [1.165, 1.54) is 12.1 Å². The van der Waals surface area contributed by atoms with Crippen molar-refractivity contribution >= 4 is 15.9 Å². The van der Waals surface area contributed by atoms with E-state index in [4.69, 9.17) is 4.74 Å². The van der Waals surface area contributed by atoms with E-state index in [0.29, 0.717) is 10.2 Å². The van der Waals surface area contributed by atoms with Crippen molar-refractivity contribution < 1.29 is 14.2 Å². The van der Waals surface area contributed by atoms with E-state index in [0.717, 1.165) is 11.1 Å². The molecule has 1 N–H and O–H groups in total. The lowest BCUT2D eigenvalue weighted by Gasteiger charge is -2.09. The normalized spacial score (nSPS) is 10.4. The molecule has 4 heteroatoms. The number of ether oxygens (including phenoxy) is 1. The molecule has 0 heterocycles. The van der Waals surface area contributed by atoms with E-state index in [1.54, 1.807) is 18.2 Å². The third-order valence-corrected chi connectivity index (χ3v) is 3.35. The van der Waals surface area contributed by atoms with Crippen LogP contribution >= 0.6 is 15.9 Å². The van der Waals surface area contributed by atoms with Crippen molar-refractivity contribution in [2.45, 2.75) is 13.5 Å². The molecule has 0 saturated carbocycles. The lowest BCUT2D eigenvalue weighted by Crippen LogP contribution is -1.98. The number of phenols is 1. The van der Waals surface area contributed by atoms with Crippen LogP contribution in [0.15, 0.2) is 40.9 Å². The molecule has 0 aliphatic carbocycles. The van der Waals surface area contributed by atoms with Gasteiger partial charge in [-0.1, -0.05) is 12.1 Å². The van der Waals surface area contributed by atoms with E-state index in [1.807, 2.05) is 13.0 Å². The van der Waals surface area contributed by atoms with E-state index >= 15 is 0 Å². The van der Waals surface area contributed by atoms with Crippen molar-refractivity contribution in [1.82, 2.24) is 0 Å². The molecule has 0 radical (unpaired) electrons. The molecule has 0 aliphatic rings. The summed E-state index contributed by atoms with van der Waals surface area (Å²) in [6, 6.07) is 9.78. The second-order valence-corrected chi connectivity index (χ2v) is 4.80. The van der Waals surface area contributed by atoms with Crippen molar-refractivity contribution in [3.63, 3.8) is 0 Å². The zero-order chi connectivity index (χ0) is 13.1. The minimum absolute atomic E-state index is 0.156. The Morgan fingerprint density at radius 3 is 2.78 bits per heavy atom. The number of aryl methyl sites for hydroxylation is 1. The molecule has 2 aromatic carbocycles. The number of aromatic hydroxyl groups is 1. The SMILES string of the molecule is Cc1cc(O)cc(OCc2cccc(F)c2Br)c1. The number of rotatable bonds is 3. The van der Waals surface area contributed by atoms with Crippen LogP contribution in [-0.4, -0.2) is 5.11 Å². The number of hydrogen-bond donors (Lipinski definition) is 1. The summed E-state index contributed by atoms with van der Waals surface area (Å²) in [5.41, 5.74) is 1.62. The molecule has 18 heavy (non-hydrogen) atoms. The second-order valence-electron chi connectivity index (χ2n) is 4.01. The Labute approximate surface area is 113 Å². The Balaban J connectivity index is 2.14. The Morgan fingerprint density at radius 1 is 1.28 bits per heavy atom. The van der Waals surface area contributed by atoms with Crippen molar-refractivity contribution in [2.24, 2.45) is 0 Å². The molecule has 0 unspecified atom stereocenters. The second kappa shape index (κ2) is 5.40. The molecular weight excluding hydrogens is 299 g/mol. The molecule has 0 aromatic heterocycles. The Kier molecular flexibility index (Phi) is 3.87. The van der Waals surface area contributed by atoms with Crippen LogP contribution in [0.2, 0.25) is 0 Å². The molecule has 0 amide bonds. The van der Waals surface area contributed by atoms with Crippen LogP contribution in [0.5, 0.6) is 11.5 Å². The number of hydrogen-bond acceptors (Lipinski definition) is 2. The summed E-state index contributed by atoms with van der Waals surface area (Å²) in [6.45, 7) is 2.10. The Bertz CT molecular complexity index is 549. The highest BCUT2D eigenvalue weighted by Crippen LogP contribution is 2.25. The molecule has 2 rings (SSSR count). The molecule has 0 bridgehead atoms. The van der Waals surface area contributed by atoms with Gasteiger partial charge in [0.15, 0.2) is 0 Å². The first-order valence-electron chi connectivity index (χ1n) is 5.42. The molecule has 94 valence electrons. The number of benzene rings is 2. The highest BCUT2D eigenvalue weighted by atomic mass is 79.9. The fraction of sp³-hybridized carbons (Fsp3) is 0.143. The predicted molar refractivity (Wildman–Crippen MR) is 71.3 cm³/mol. The monoisotopic (exact) mass is 310 g/mol. The van der Waals surface area contributed by atoms with E-state index in [9.17, 15) is 9.50 Å². The quantitative estimate of drug-likeness (QED) is 0.921. The zero-order valence-corrected chi connectivity index (χ0v) is 11.4. The van der Waals surface area contributed by atoms with Gasteiger partial charge in [0, 0.05) is 11.6 Å². The van der Waals surface area contributed by atoms with Gasteiger partial charge in [0.1, 0.15) is 23.9 Å². The summed E-state index contributed by atoms with van der Waals surface area (Å²) < 4.78 is 19.2. The first-order chi connectivity index (χ1) is 8.56. The Morgan fingerprint density at radius 2 is 2.06 bits per heavy atom. The van der Waals surface area contributed by atoms with Crippen LogP contribution < -0.4 is 4.74 Å². The topological polar surface area (TPSA) is 29.5 Å². The van der Waals surface area contributed by atoms with Crippen LogP contribution in [0.4, 0.5) is 4.39 Å².